The zero-order valence-corrected chi connectivity index (χ0v) is 6.70. The number of carboxylic acids is 1. The number of carbonyl (C=O) groups is 1. The minimum atomic E-state index is -1.24. The van der Waals surface area contributed by atoms with E-state index in [2.05, 4.69) is 4.98 Å². The van der Waals surface area contributed by atoms with Gasteiger partial charge in [-0.3, -0.25) is 0 Å². The van der Waals surface area contributed by atoms with Crippen molar-refractivity contribution in [2.75, 3.05) is 0 Å². The summed E-state index contributed by atoms with van der Waals surface area (Å²) in [5.41, 5.74) is 0.866. The highest BCUT2D eigenvalue weighted by molar-refractivity contribution is 7.71. The fourth-order valence-corrected chi connectivity index (χ4v) is 1.05. The van der Waals surface area contributed by atoms with Crippen molar-refractivity contribution in [3.8, 4) is 0 Å². The number of hydrogen-bond acceptors (Lipinski definition) is 3. The number of carboxylic acid groups (broad SMARTS) is 1. The Bertz CT molecular complexity index is 343. The lowest BCUT2D eigenvalue weighted by atomic mass is 10.2. The summed E-state index contributed by atoms with van der Waals surface area (Å²) < 4.78 is 0.213. The lowest BCUT2D eigenvalue weighted by Crippen LogP contribution is -2.22. The molecule has 0 spiro atoms. The number of aromatic amines is 1. The lowest BCUT2D eigenvalue weighted by Gasteiger charge is -2.01. The fourth-order valence-electron chi connectivity index (χ4n) is 0.733. The summed E-state index contributed by atoms with van der Waals surface area (Å²) >= 11 is 4.74. The third-order valence-corrected chi connectivity index (χ3v) is 1.60. The molecule has 58 valence electrons. The van der Waals surface area contributed by atoms with Crippen LogP contribution in [0.4, 0.5) is 0 Å². The van der Waals surface area contributed by atoms with Gasteiger partial charge in [0.1, 0.15) is 4.64 Å². The van der Waals surface area contributed by atoms with Crippen LogP contribution in [0.15, 0.2) is 12.1 Å². The number of rotatable bonds is 1. The topological polar surface area (TPSA) is 55.9 Å². The third-order valence-electron chi connectivity index (χ3n) is 1.28. The van der Waals surface area contributed by atoms with Crippen molar-refractivity contribution in [2.45, 2.75) is 6.92 Å². The molecule has 1 heterocycles. The molecule has 1 aromatic rings. The van der Waals surface area contributed by atoms with Crippen LogP contribution in [0.3, 0.4) is 0 Å². The largest absolute Gasteiger partial charge is 0.545 e. The van der Waals surface area contributed by atoms with Gasteiger partial charge in [0.25, 0.3) is 0 Å². The van der Waals surface area contributed by atoms with Crippen molar-refractivity contribution < 1.29 is 9.90 Å². The quantitative estimate of drug-likeness (QED) is 0.618. The van der Waals surface area contributed by atoms with Crippen LogP contribution in [0.2, 0.25) is 0 Å². The van der Waals surface area contributed by atoms with E-state index in [1.807, 2.05) is 0 Å². The lowest BCUT2D eigenvalue weighted by molar-refractivity contribution is -0.255. The highest BCUT2D eigenvalue weighted by atomic mass is 32.1. The molecule has 0 aliphatic carbocycles. The number of aryl methyl sites for hydroxylation is 1. The minimum absolute atomic E-state index is 0.0330. The monoisotopic (exact) mass is 168 g/mol. The van der Waals surface area contributed by atoms with E-state index >= 15 is 0 Å². The number of pyridine rings is 1. The van der Waals surface area contributed by atoms with Crippen molar-refractivity contribution >= 4 is 18.2 Å². The Hall–Kier alpha value is -1.16. The van der Waals surface area contributed by atoms with Crippen LogP contribution in [-0.2, 0) is 0 Å². The molecule has 0 radical (unpaired) electrons. The number of carbonyl (C=O) groups excluding carboxylic acids is 1. The van der Waals surface area contributed by atoms with Gasteiger partial charge < -0.3 is 14.9 Å². The first-order valence-electron chi connectivity index (χ1n) is 3.02. The number of nitrogens with one attached hydrogen (secondary N) is 1. The maximum Gasteiger partial charge on any atom is 0.112 e. The average Bonchev–Trinajstić information content (AvgIpc) is 1.85. The number of aromatic carboxylic acids is 1. The van der Waals surface area contributed by atoms with Crippen LogP contribution in [0, 0.1) is 11.6 Å². The van der Waals surface area contributed by atoms with Crippen molar-refractivity contribution in [2.24, 2.45) is 0 Å². The van der Waals surface area contributed by atoms with Gasteiger partial charge in [-0.2, -0.15) is 0 Å². The Morgan fingerprint density at radius 1 is 1.64 bits per heavy atom. The van der Waals surface area contributed by atoms with Crippen LogP contribution in [0.5, 0.6) is 0 Å². The Morgan fingerprint density at radius 2 is 2.27 bits per heavy atom. The van der Waals surface area contributed by atoms with E-state index in [1.165, 1.54) is 6.07 Å². The van der Waals surface area contributed by atoms with Crippen molar-refractivity contribution in [1.29, 1.82) is 0 Å². The molecule has 1 rings (SSSR count). The number of H-pyrrole nitrogens is 1. The minimum Gasteiger partial charge on any atom is -0.545 e. The van der Waals surface area contributed by atoms with Gasteiger partial charge in [-0.05, 0) is 19.1 Å². The first-order valence-corrected chi connectivity index (χ1v) is 3.43. The highest BCUT2D eigenvalue weighted by Crippen LogP contribution is 2.00. The molecule has 3 nitrogen and oxygen atoms in total. The second-order valence-corrected chi connectivity index (χ2v) is 2.58. The van der Waals surface area contributed by atoms with Crippen molar-refractivity contribution in [3.05, 3.63) is 28.0 Å². The molecule has 0 saturated heterocycles. The van der Waals surface area contributed by atoms with E-state index in [1.54, 1.807) is 13.0 Å². The zero-order valence-electron chi connectivity index (χ0n) is 5.88. The van der Waals surface area contributed by atoms with E-state index < -0.39 is 5.97 Å². The first-order chi connectivity index (χ1) is 5.11. The molecule has 4 heteroatoms. The SMILES string of the molecule is Cc1ccc(C(=O)[O-])c(=S)[nH]1. The summed E-state index contributed by atoms with van der Waals surface area (Å²) in [6.07, 6.45) is 0. The van der Waals surface area contributed by atoms with Gasteiger partial charge in [0.05, 0.1) is 5.97 Å². The van der Waals surface area contributed by atoms with Gasteiger partial charge in [-0.1, -0.05) is 12.2 Å². The molecule has 0 saturated carbocycles. The average molecular weight is 168 g/mol. The summed E-state index contributed by atoms with van der Waals surface area (Å²) in [4.78, 5) is 13.0. The number of aromatic nitrogens is 1. The second kappa shape index (κ2) is 2.84. The van der Waals surface area contributed by atoms with Gasteiger partial charge in [-0.25, -0.2) is 0 Å². The highest BCUT2D eigenvalue weighted by Gasteiger charge is 1.94. The van der Waals surface area contributed by atoms with Crippen molar-refractivity contribution in [3.63, 3.8) is 0 Å². The molecule has 0 fully saturated rings. The molecule has 11 heavy (non-hydrogen) atoms. The predicted molar refractivity (Wildman–Crippen MR) is 40.7 cm³/mol. The van der Waals surface area contributed by atoms with Gasteiger partial charge in [0.15, 0.2) is 0 Å². The Balaban J connectivity index is 3.32. The molecule has 0 unspecified atom stereocenters. The Morgan fingerprint density at radius 3 is 2.73 bits per heavy atom. The van der Waals surface area contributed by atoms with E-state index in [4.69, 9.17) is 12.2 Å². The predicted octanol–water partition coefficient (Wildman–Crippen LogP) is 0.416. The van der Waals surface area contributed by atoms with E-state index in [9.17, 15) is 9.90 Å². The Labute approximate surface area is 68.7 Å². The van der Waals surface area contributed by atoms with Crippen molar-refractivity contribution in [1.82, 2.24) is 4.98 Å². The molecule has 0 aliphatic rings. The molecular weight excluding hydrogens is 162 g/mol. The van der Waals surface area contributed by atoms with Gasteiger partial charge in [-0.15, -0.1) is 0 Å². The summed E-state index contributed by atoms with van der Waals surface area (Å²) in [5.74, 6) is -1.24. The fraction of sp³-hybridized carbons (Fsp3) is 0.143. The molecule has 0 atom stereocenters. The maximum atomic E-state index is 10.3. The molecular formula is C7H6NO2S-. The van der Waals surface area contributed by atoms with Crippen LogP contribution in [0.25, 0.3) is 0 Å². The summed E-state index contributed by atoms with van der Waals surface area (Å²) in [6.45, 7) is 1.80. The summed E-state index contributed by atoms with van der Waals surface area (Å²) in [6, 6.07) is 3.07. The van der Waals surface area contributed by atoms with Gasteiger partial charge in [0, 0.05) is 11.3 Å². The first kappa shape index (κ1) is 7.94. The second-order valence-electron chi connectivity index (χ2n) is 2.17. The Kier molecular flexibility index (Phi) is 2.05. The van der Waals surface area contributed by atoms with Gasteiger partial charge in [0.2, 0.25) is 0 Å². The number of hydrogen-bond donors (Lipinski definition) is 1. The van der Waals surface area contributed by atoms with E-state index in [0.717, 1.165) is 5.69 Å². The third kappa shape index (κ3) is 1.65. The van der Waals surface area contributed by atoms with Crippen LogP contribution >= 0.6 is 12.2 Å². The van der Waals surface area contributed by atoms with E-state index in [0.29, 0.717) is 0 Å². The van der Waals surface area contributed by atoms with Crippen LogP contribution < -0.4 is 5.11 Å². The molecule has 0 aromatic carbocycles. The smallest absolute Gasteiger partial charge is 0.112 e. The molecule has 0 bridgehead atoms. The van der Waals surface area contributed by atoms with Crippen LogP contribution in [0.1, 0.15) is 16.1 Å². The van der Waals surface area contributed by atoms with Gasteiger partial charge >= 0.3 is 0 Å². The summed E-state index contributed by atoms with van der Waals surface area (Å²) in [7, 11) is 0. The molecule has 1 aromatic heterocycles. The molecule has 0 aliphatic heterocycles. The molecule has 1 N–H and O–H groups in total. The molecule has 0 amide bonds. The standard InChI is InChI=1S/C7H7NO2S/c1-4-2-3-5(7(9)10)6(11)8-4/h2-3H,1H3,(H,8,11)(H,9,10)/p-1. The summed E-state index contributed by atoms with van der Waals surface area (Å²) in [5, 5.41) is 10.3. The normalized spacial score (nSPS) is 9.55. The maximum absolute atomic E-state index is 10.3. The van der Waals surface area contributed by atoms with Crippen LogP contribution in [-0.4, -0.2) is 11.0 Å². The van der Waals surface area contributed by atoms with E-state index in [-0.39, 0.29) is 10.2 Å². The zero-order chi connectivity index (χ0) is 8.43.